The van der Waals surface area contributed by atoms with Gasteiger partial charge in [0.05, 0.1) is 31.0 Å². The van der Waals surface area contributed by atoms with Crippen LogP contribution in [0.5, 0.6) is 0 Å². The van der Waals surface area contributed by atoms with E-state index in [0.29, 0.717) is 22.4 Å². The largest absolute Gasteiger partial charge is 0.481 e. The average molecular weight is 501 g/mol. The van der Waals surface area contributed by atoms with E-state index in [-0.39, 0.29) is 12.5 Å². The van der Waals surface area contributed by atoms with Crippen molar-refractivity contribution < 1.29 is 33.4 Å². The molecule has 0 aliphatic carbocycles. The molecule has 0 fully saturated rings. The molecule has 2 atom stereocenters. The predicted octanol–water partition coefficient (Wildman–Crippen LogP) is 5.52. The second-order valence-electron chi connectivity index (χ2n) is 8.70. The Bertz CT molecular complexity index is 1230. The molecule has 3 aromatic rings. The summed E-state index contributed by atoms with van der Waals surface area (Å²) >= 11 is 0. The highest BCUT2D eigenvalue weighted by molar-refractivity contribution is 7.52. The molecule has 0 amide bonds. The van der Waals surface area contributed by atoms with Gasteiger partial charge in [0.25, 0.3) is 0 Å². The van der Waals surface area contributed by atoms with Gasteiger partial charge in [0.2, 0.25) is 0 Å². The van der Waals surface area contributed by atoms with Crippen LogP contribution >= 0.6 is 7.60 Å². The first kappa shape index (κ1) is 26.7. The average Bonchev–Trinajstić information content (AvgIpc) is 2.78. The Balaban J connectivity index is 2.12. The standard InChI is InChI=1S/C26H29FNO6P/c1-16(2)25-22(14-34-35(32,33)15-21(29)13-23(30)31)24(18-9-11-20(27)12-10-18)17(3)26(28-25)19-7-5-4-6-8-19/h4-12,16,21,29H,13-15H2,1-3H3,(H,30,31)(H,32,33)/t21-/m1/s1. The third-order valence-corrected chi connectivity index (χ3v) is 6.98. The number of aliphatic carboxylic acids is 1. The highest BCUT2D eigenvalue weighted by Crippen LogP contribution is 2.46. The van der Waals surface area contributed by atoms with Gasteiger partial charge in [0, 0.05) is 16.8 Å². The smallest absolute Gasteiger partial charge is 0.331 e. The van der Waals surface area contributed by atoms with Gasteiger partial charge in [-0.2, -0.15) is 0 Å². The molecule has 0 aliphatic heterocycles. The molecule has 186 valence electrons. The van der Waals surface area contributed by atoms with Crippen LogP contribution in [0.3, 0.4) is 0 Å². The Morgan fingerprint density at radius 2 is 1.71 bits per heavy atom. The van der Waals surface area contributed by atoms with Gasteiger partial charge in [-0.1, -0.05) is 56.3 Å². The molecule has 0 spiro atoms. The molecule has 3 rings (SSSR count). The van der Waals surface area contributed by atoms with Crippen LogP contribution in [0.1, 0.15) is 43.0 Å². The van der Waals surface area contributed by atoms with Gasteiger partial charge >= 0.3 is 13.6 Å². The Kier molecular flexibility index (Phi) is 8.56. The molecule has 1 aromatic heterocycles. The summed E-state index contributed by atoms with van der Waals surface area (Å²) in [5.41, 5.74) is 5.07. The topological polar surface area (TPSA) is 117 Å². The van der Waals surface area contributed by atoms with E-state index < -0.39 is 38.1 Å². The van der Waals surface area contributed by atoms with Crippen molar-refractivity contribution in [3.05, 3.63) is 77.2 Å². The minimum atomic E-state index is -4.33. The monoisotopic (exact) mass is 501 g/mol. The number of aliphatic hydroxyl groups excluding tert-OH is 1. The van der Waals surface area contributed by atoms with E-state index in [1.54, 1.807) is 12.1 Å². The molecular weight excluding hydrogens is 472 g/mol. The molecule has 1 unspecified atom stereocenters. The van der Waals surface area contributed by atoms with Crippen LogP contribution in [-0.4, -0.2) is 38.3 Å². The zero-order valence-electron chi connectivity index (χ0n) is 19.8. The van der Waals surface area contributed by atoms with Crippen molar-refractivity contribution >= 4 is 13.6 Å². The number of aliphatic hydroxyl groups is 1. The van der Waals surface area contributed by atoms with Crippen LogP contribution in [0.2, 0.25) is 0 Å². The number of pyridine rings is 1. The molecule has 2 aromatic carbocycles. The predicted molar refractivity (Wildman–Crippen MR) is 132 cm³/mol. The summed E-state index contributed by atoms with van der Waals surface area (Å²) < 4.78 is 31.7. The molecule has 1 heterocycles. The summed E-state index contributed by atoms with van der Waals surface area (Å²) in [5, 5.41) is 18.6. The lowest BCUT2D eigenvalue weighted by atomic mass is 9.89. The highest BCUT2D eigenvalue weighted by atomic mass is 31.2. The van der Waals surface area contributed by atoms with Crippen LogP contribution in [0.25, 0.3) is 22.4 Å². The highest BCUT2D eigenvalue weighted by Gasteiger charge is 2.28. The molecule has 0 saturated heterocycles. The Morgan fingerprint density at radius 1 is 1.09 bits per heavy atom. The van der Waals surface area contributed by atoms with E-state index in [1.165, 1.54) is 12.1 Å². The first-order chi connectivity index (χ1) is 16.5. The van der Waals surface area contributed by atoms with Gasteiger partial charge < -0.3 is 19.6 Å². The summed E-state index contributed by atoms with van der Waals surface area (Å²) in [5.74, 6) is -1.75. The molecule has 0 saturated carbocycles. The Hall–Kier alpha value is -2.90. The number of nitrogens with zero attached hydrogens (tertiary/aromatic N) is 1. The van der Waals surface area contributed by atoms with E-state index in [1.807, 2.05) is 51.1 Å². The van der Waals surface area contributed by atoms with Gasteiger partial charge in [-0.05, 0) is 41.7 Å². The van der Waals surface area contributed by atoms with Crippen LogP contribution < -0.4 is 0 Å². The number of carbonyl (C=O) groups is 1. The molecule has 9 heteroatoms. The van der Waals surface area contributed by atoms with E-state index >= 15 is 0 Å². The minimum absolute atomic E-state index is 0.0773. The number of aromatic nitrogens is 1. The maximum atomic E-state index is 13.7. The third kappa shape index (κ3) is 6.83. The van der Waals surface area contributed by atoms with Crippen molar-refractivity contribution in [3.63, 3.8) is 0 Å². The molecule has 3 N–H and O–H groups in total. The van der Waals surface area contributed by atoms with Crippen LogP contribution in [0.15, 0.2) is 54.6 Å². The fourth-order valence-electron chi connectivity index (χ4n) is 4.00. The zero-order valence-corrected chi connectivity index (χ0v) is 20.7. The Morgan fingerprint density at radius 3 is 2.29 bits per heavy atom. The first-order valence-electron chi connectivity index (χ1n) is 11.2. The SMILES string of the molecule is Cc1c(-c2ccccc2)nc(C(C)C)c(COP(=O)(O)C[C@H](O)CC(=O)O)c1-c1ccc(F)cc1. The first-order valence-corrected chi connectivity index (χ1v) is 13.0. The molecule has 7 nitrogen and oxygen atoms in total. The van der Waals surface area contributed by atoms with Gasteiger partial charge in [-0.15, -0.1) is 0 Å². The summed E-state index contributed by atoms with van der Waals surface area (Å²) in [7, 11) is -4.33. The summed E-state index contributed by atoms with van der Waals surface area (Å²) in [6.45, 7) is 5.48. The zero-order chi connectivity index (χ0) is 25.8. The lowest BCUT2D eigenvalue weighted by molar-refractivity contribution is -0.138. The number of hydrogen-bond acceptors (Lipinski definition) is 5. The van der Waals surface area contributed by atoms with E-state index in [0.717, 1.165) is 16.8 Å². The fraction of sp³-hybridized carbons (Fsp3) is 0.308. The number of halogens is 1. The molecule has 0 aliphatic rings. The van der Waals surface area contributed by atoms with Crippen molar-refractivity contribution in [1.82, 2.24) is 4.98 Å². The van der Waals surface area contributed by atoms with E-state index in [2.05, 4.69) is 0 Å². The number of carboxylic acid groups (broad SMARTS) is 1. The van der Waals surface area contributed by atoms with Crippen molar-refractivity contribution in [1.29, 1.82) is 0 Å². The third-order valence-electron chi connectivity index (χ3n) is 5.56. The van der Waals surface area contributed by atoms with Gasteiger partial charge in [-0.3, -0.25) is 14.3 Å². The summed E-state index contributed by atoms with van der Waals surface area (Å²) in [6, 6.07) is 15.6. The van der Waals surface area contributed by atoms with Crippen molar-refractivity contribution in [2.75, 3.05) is 6.16 Å². The van der Waals surface area contributed by atoms with Gasteiger partial charge in [-0.25, -0.2) is 4.39 Å². The quantitative estimate of drug-likeness (QED) is 0.313. The van der Waals surface area contributed by atoms with Crippen molar-refractivity contribution in [2.45, 2.75) is 45.8 Å². The minimum Gasteiger partial charge on any atom is -0.481 e. The van der Waals surface area contributed by atoms with Crippen LogP contribution in [0.4, 0.5) is 4.39 Å². The lowest BCUT2D eigenvalue weighted by Gasteiger charge is -2.23. The maximum absolute atomic E-state index is 13.7. The van der Waals surface area contributed by atoms with Crippen molar-refractivity contribution in [2.24, 2.45) is 0 Å². The number of rotatable bonds is 10. The molecule has 0 radical (unpaired) electrons. The second-order valence-corrected chi connectivity index (χ2v) is 10.6. The normalized spacial score (nSPS) is 14.0. The van der Waals surface area contributed by atoms with E-state index in [4.69, 9.17) is 14.6 Å². The fourth-order valence-corrected chi connectivity index (χ4v) is 5.10. The number of benzene rings is 2. The van der Waals surface area contributed by atoms with Gasteiger partial charge in [0.1, 0.15) is 5.82 Å². The van der Waals surface area contributed by atoms with E-state index in [9.17, 15) is 23.7 Å². The van der Waals surface area contributed by atoms with Crippen LogP contribution in [0, 0.1) is 12.7 Å². The molecular formula is C26H29FNO6P. The molecule has 35 heavy (non-hydrogen) atoms. The summed E-state index contributed by atoms with van der Waals surface area (Å²) in [4.78, 5) is 26.0. The van der Waals surface area contributed by atoms with Crippen molar-refractivity contribution in [3.8, 4) is 22.4 Å². The number of carboxylic acids is 1. The van der Waals surface area contributed by atoms with Crippen LogP contribution in [-0.2, 0) is 20.5 Å². The Labute approximate surface area is 203 Å². The lowest BCUT2D eigenvalue weighted by Crippen LogP contribution is -2.18. The second kappa shape index (κ2) is 11.2. The van der Waals surface area contributed by atoms with Gasteiger partial charge in [0.15, 0.2) is 0 Å². The summed E-state index contributed by atoms with van der Waals surface area (Å²) in [6.07, 6.45) is -2.90. The molecule has 0 bridgehead atoms. The number of hydrogen-bond donors (Lipinski definition) is 3. The maximum Gasteiger partial charge on any atom is 0.331 e.